The lowest BCUT2D eigenvalue weighted by molar-refractivity contribution is -0.149. The number of fused-ring (bicyclic) bond motifs is 1. The minimum atomic E-state index is -0.388. The minimum Gasteiger partial charge on any atom is -0.382 e. The molecule has 0 unspecified atom stereocenters. The van der Waals surface area contributed by atoms with Crippen LogP contribution in [-0.4, -0.2) is 120 Å². The van der Waals surface area contributed by atoms with Crippen molar-refractivity contribution in [3.8, 4) is 11.1 Å². The average Bonchev–Trinajstić information content (AvgIpc) is 3.51. The molecule has 1 saturated carbocycles. The van der Waals surface area contributed by atoms with E-state index in [0.717, 1.165) is 91.2 Å². The number of ether oxygens (including phenoxy) is 3. The third-order valence-electron chi connectivity index (χ3n) is 10.5. The number of aromatic nitrogens is 4. The normalized spacial score (nSPS) is 25.2. The number of nitrogen functional groups attached to an aromatic ring is 1. The van der Waals surface area contributed by atoms with Crippen LogP contribution in [0, 0.1) is 19.3 Å². The van der Waals surface area contributed by atoms with Crippen LogP contribution < -0.4 is 10.6 Å². The zero-order chi connectivity index (χ0) is 32.4. The monoisotopic (exact) mass is 652 g/mol. The largest absolute Gasteiger partial charge is 0.382 e. The Morgan fingerprint density at radius 3 is 2.72 bits per heavy atom. The molecule has 0 bridgehead atoms. The Balaban J connectivity index is 1.28. The van der Waals surface area contributed by atoms with Crippen LogP contribution in [0.25, 0.3) is 22.0 Å². The van der Waals surface area contributed by atoms with Crippen molar-refractivity contribution in [2.24, 2.45) is 5.41 Å². The van der Waals surface area contributed by atoms with E-state index in [1.165, 1.54) is 6.08 Å². The SMILES string of the molecule is C=CC(=O)N1CC2(CC(n3nc(N4CCN(C[C@@H]5COCCO5)C[C@]4(C)COC)c(-c4c(Cl)c(C)cc5[nH]nc(N)c45)c3C)C2)C1. The first-order valence-corrected chi connectivity index (χ1v) is 16.6. The maximum Gasteiger partial charge on any atom is 0.245 e. The number of likely N-dealkylation sites (tertiary alicyclic amines) is 1. The second kappa shape index (κ2) is 11.8. The molecular formula is C33H45ClN8O4. The quantitative estimate of drug-likeness (QED) is 0.351. The fraction of sp³-hybridized carbons (Fsp3) is 0.606. The van der Waals surface area contributed by atoms with Gasteiger partial charge in [-0.05, 0) is 51.3 Å². The fourth-order valence-corrected chi connectivity index (χ4v) is 8.60. The van der Waals surface area contributed by atoms with Crippen molar-refractivity contribution in [3.05, 3.63) is 35.0 Å². The topological polar surface area (TPSA) is 127 Å². The first-order chi connectivity index (χ1) is 22.1. The molecule has 3 aliphatic heterocycles. The van der Waals surface area contributed by atoms with Gasteiger partial charge in [-0.3, -0.25) is 19.5 Å². The molecule has 3 saturated heterocycles. The predicted octanol–water partition coefficient (Wildman–Crippen LogP) is 3.57. The Morgan fingerprint density at radius 2 is 2.02 bits per heavy atom. The van der Waals surface area contributed by atoms with Crippen LogP contribution in [0.15, 0.2) is 18.7 Å². The summed E-state index contributed by atoms with van der Waals surface area (Å²) in [5, 5.41) is 14.3. The number of halogens is 1. The maximum atomic E-state index is 12.2. The van der Waals surface area contributed by atoms with Gasteiger partial charge in [-0.25, -0.2) is 0 Å². The Morgan fingerprint density at radius 1 is 1.24 bits per heavy atom. The van der Waals surface area contributed by atoms with E-state index in [0.29, 0.717) is 37.3 Å². The Kier molecular flexibility index (Phi) is 8.08. The van der Waals surface area contributed by atoms with Crippen LogP contribution in [0.1, 0.15) is 37.1 Å². The summed E-state index contributed by atoms with van der Waals surface area (Å²) in [6, 6.07) is 2.21. The molecule has 4 fully saturated rings. The third kappa shape index (κ3) is 5.18. The number of piperazine rings is 1. The highest BCUT2D eigenvalue weighted by Crippen LogP contribution is 2.56. The summed E-state index contributed by atoms with van der Waals surface area (Å²) >= 11 is 7.20. The lowest BCUT2D eigenvalue weighted by Gasteiger charge is -2.58. The summed E-state index contributed by atoms with van der Waals surface area (Å²) in [6.07, 6.45) is 3.39. The number of rotatable bonds is 8. The number of aryl methyl sites for hydroxylation is 1. The van der Waals surface area contributed by atoms with E-state index in [2.05, 4.69) is 45.1 Å². The van der Waals surface area contributed by atoms with Crippen molar-refractivity contribution < 1.29 is 19.0 Å². The summed E-state index contributed by atoms with van der Waals surface area (Å²) in [5.74, 6) is 1.29. The molecular weight excluding hydrogens is 608 g/mol. The number of nitrogens with one attached hydrogen (secondary N) is 1. The predicted molar refractivity (Wildman–Crippen MR) is 178 cm³/mol. The fourth-order valence-electron chi connectivity index (χ4n) is 8.36. The van der Waals surface area contributed by atoms with Gasteiger partial charge in [0, 0.05) is 68.6 Å². The van der Waals surface area contributed by atoms with Crippen LogP contribution in [0.4, 0.5) is 11.6 Å². The molecule has 1 aromatic carbocycles. The number of carbonyl (C=O) groups excluding carboxylic acids is 1. The van der Waals surface area contributed by atoms with Gasteiger partial charge in [-0.2, -0.15) is 10.2 Å². The van der Waals surface area contributed by atoms with E-state index < -0.39 is 0 Å². The van der Waals surface area contributed by atoms with Crippen molar-refractivity contribution in [1.29, 1.82) is 0 Å². The summed E-state index contributed by atoms with van der Waals surface area (Å²) in [5.41, 5.74) is 10.9. The zero-order valence-corrected chi connectivity index (χ0v) is 28.0. The number of amides is 1. The Bertz CT molecular complexity index is 1650. The number of carbonyl (C=O) groups is 1. The van der Waals surface area contributed by atoms with Gasteiger partial charge < -0.3 is 29.7 Å². The molecule has 46 heavy (non-hydrogen) atoms. The number of H-pyrrole nitrogens is 1. The highest BCUT2D eigenvalue weighted by Gasteiger charge is 2.55. The molecule has 0 radical (unpaired) electrons. The van der Waals surface area contributed by atoms with Gasteiger partial charge in [0.1, 0.15) is 0 Å². The Hall–Kier alpha value is -3.16. The van der Waals surface area contributed by atoms with Gasteiger partial charge in [-0.1, -0.05) is 18.2 Å². The van der Waals surface area contributed by atoms with Gasteiger partial charge >= 0.3 is 0 Å². The van der Waals surface area contributed by atoms with E-state index in [1.54, 1.807) is 7.11 Å². The van der Waals surface area contributed by atoms with E-state index >= 15 is 0 Å². The molecule has 2 atom stereocenters. The summed E-state index contributed by atoms with van der Waals surface area (Å²) in [4.78, 5) is 18.9. The highest BCUT2D eigenvalue weighted by atomic mass is 35.5. The number of methoxy groups -OCH3 is 1. The second-order valence-corrected chi connectivity index (χ2v) is 14.4. The Labute approximate surface area is 274 Å². The molecule has 13 heteroatoms. The van der Waals surface area contributed by atoms with E-state index in [1.807, 2.05) is 17.9 Å². The van der Waals surface area contributed by atoms with Crippen LogP contribution in [0.3, 0.4) is 0 Å². The minimum absolute atomic E-state index is 0.00358. The van der Waals surface area contributed by atoms with Gasteiger partial charge in [0.2, 0.25) is 5.91 Å². The highest BCUT2D eigenvalue weighted by molar-refractivity contribution is 6.36. The number of aromatic amines is 1. The average molecular weight is 653 g/mol. The number of hydrogen-bond donors (Lipinski definition) is 2. The van der Waals surface area contributed by atoms with Crippen molar-refractivity contribution >= 4 is 40.0 Å². The number of hydrogen-bond acceptors (Lipinski definition) is 9. The molecule has 1 amide bonds. The molecule has 12 nitrogen and oxygen atoms in total. The lowest BCUT2D eigenvalue weighted by Crippen LogP contribution is -2.64. The molecule has 7 rings (SSSR count). The number of anilines is 2. The van der Waals surface area contributed by atoms with Crippen LogP contribution in [-0.2, 0) is 19.0 Å². The molecule has 1 aliphatic carbocycles. The molecule has 3 aromatic rings. The first kappa shape index (κ1) is 31.4. The smallest absolute Gasteiger partial charge is 0.245 e. The summed E-state index contributed by atoms with van der Waals surface area (Å²) in [7, 11) is 1.76. The van der Waals surface area contributed by atoms with Crippen molar-refractivity contribution in [2.45, 2.75) is 51.3 Å². The third-order valence-corrected chi connectivity index (χ3v) is 11.0. The molecule has 4 aliphatic rings. The van der Waals surface area contributed by atoms with Gasteiger partial charge in [0.25, 0.3) is 0 Å². The van der Waals surface area contributed by atoms with Crippen LogP contribution >= 0.6 is 11.6 Å². The summed E-state index contributed by atoms with van der Waals surface area (Å²) < 4.78 is 19.8. The van der Waals surface area contributed by atoms with Crippen molar-refractivity contribution in [2.75, 3.05) is 83.4 Å². The lowest BCUT2D eigenvalue weighted by atomic mass is 9.60. The molecule has 5 heterocycles. The van der Waals surface area contributed by atoms with Crippen LogP contribution in [0.5, 0.6) is 0 Å². The molecule has 3 N–H and O–H groups in total. The van der Waals surface area contributed by atoms with Crippen molar-refractivity contribution in [1.82, 2.24) is 29.8 Å². The standard InChI is InChI=1S/C33H45ClN8O4/c1-6-25(43)40-17-33(18-40)12-22(13-33)42-21(3)26(28-27-24(36-37-30(27)35)11-20(2)29(28)34)31(38-42)41-8-7-39(16-32(41,4)19-44-5)14-23-15-45-9-10-46-23/h6,11,22-23H,1,7-10,12-19H2,2-5H3,(H3,35,36,37)/t23-,32-/m1/s1. The second-order valence-electron chi connectivity index (χ2n) is 14.0. The number of nitrogens with zero attached hydrogens (tertiary/aromatic N) is 6. The molecule has 2 aromatic heterocycles. The molecule has 1 spiro atoms. The van der Waals surface area contributed by atoms with Crippen LogP contribution in [0.2, 0.25) is 5.02 Å². The number of benzene rings is 1. The first-order valence-electron chi connectivity index (χ1n) is 16.2. The van der Waals surface area contributed by atoms with E-state index in [4.69, 9.17) is 36.6 Å². The van der Waals surface area contributed by atoms with Crippen molar-refractivity contribution in [3.63, 3.8) is 0 Å². The van der Waals surface area contributed by atoms with Gasteiger partial charge in [0.05, 0.1) is 60.0 Å². The van der Waals surface area contributed by atoms with Gasteiger partial charge in [-0.15, -0.1) is 0 Å². The maximum absolute atomic E-state index is 12.2. The van der Waals surface area contributed by atoms with E-state index in [-0.39, 0.29) is 29.0 Å². The number of nitrogens with two attached hydrogens (primary N) is 1. The van der Waals surface area contributed by atoms with Gasteiger partial charge in [0.15, 0.2) is 11.6 Å². The molecule has 248 valence electrons. The summed E-state index contributed by atoms with van der Waals surface area (Å²) in [6.45, 7) is 17.2. The van der Waals surface area contributed by atoms with E-state index in [9.17, 15) is 4.79 Å². The zero-order valence-electron chi connectivity index (χ0n) is 27.3.